The molecule has 0 unspecified atom stereocenters. The Morgan fingerprint density at radius 2 is 1.76 bits per heavy atom. The topological polar surface area (TPSA) is 57.6 Å². The van der Waals surface area contributed by atoms with Crippen LogP contribution in [-0.4, -0.2) is 27.9 Å². The third-order valence-corrected chi connectivity index (χ3v) is 4.79. The summed E-state index contributed by atoms with van der Waals surface area (Å²) in [6.45, 7) is 0. The number of amides is 1. The van der Waals surface area contributed by atoms with Crippen LogP contribution in [-0.2, 0) is 9.59 Å². The number of rotatable bonds is 3. The number of aliphatic carboxylic acids is 1. The van der Waals surface area contributed by atoms with Crippen LogP contribution in [0.1, 0.15) is 50.1 Å². The first-order chi connectivity index (χ1) is 10.2. The minimum absolute atomic E-state index is 0.00292. The second-order valence-electron chi connectivity index (χ2n) is 6.10. The second kappa shape index (κ2) is 5.88. The maximum Gasteiger partial charge on any atom is 0.309 e. The van der Waals surface area contributed by atoms with Crippen molar-refractivity contribution in [3.05, 3.63) is 35.9 Å². The van der Waals surface area contributed by atoms with Crippen molar-refractivity contribution < 1.29 is 14.7 Å². The van der Waals surface area contributed by atoms with Gasteiger partial charge in [-0.1, -0.05) is 49.6 Å². The van der Waals surface area contributed by atoms with E-state index in [0.29, 0.717) is 0 Å². The molecule has 4 nitrogen and oxygen atoms in total. The molecule has 1 aromatic rings. The normalized spacial score (nSPS) is 27.0. The van der Waals surface area contributed by atoms with Crippen molar-refractivity contribution in [1.82, 2.24) is 4.90 Å². The smallest absolute Gasteiger partial charge is 0.309 e. The molecule has 1 saturated heterocycles. The van der Waals surface area contributed by atoms with Crippen LogP contribution in [0.25, 0.3) is 0 Å². The van der Waals surface area contributed by atoms with Gasteiger partial charge < -0.3 is 10.0 Å². The predicted molar refractivity (Wildman–Crippen MR) is 78.6 cm³/mol. The molecule has 2 fully saturated rings. The van der Waals surface area contributed by atoms with Crippen LogP contribution in [0.15, 0.2) is 30.3 Å². The van der Waals surface area contributed by atoms with E-state index in [4.69, 9.17) is 0 Å². The number of carboxylic acids is 1. The van der Waals surface area contributed by atoms with Crippen molar-refractivity contribution in [2.45, 2.75) is 50.6 Å². The summed E-state index contributed by atoms with van der Waals surface area (Å²) in [4.78, 5) is 25.9. The van der Waals surface area contributed by atoms with Gasteiger partial charge in [0.2, 0.25) is 5.91 Å². The van der Waals surface area contributed by atoms with Gasteiger partial charge in [0.1, 0.15) is 0 Å². The molecular formula is C17H21NO3. The summed E-state index contributed by atoms with van der Waals surface area (Å²) >= 11 is 0. The van der Waals surface area contributed by atoms with Crippen LogP contribution < -0.4 is 0 Å². The third-order valence-electron chi connectivity index (χ3n) is 4.79. The van der Waals surface area contributed by atoms with E-state index < -0.39 is 11.9 Å². The number of likely N-dealkylation sites (tertiary alicyclic amines) is 1. The standard InChI is InChI=1S/C17H21NO3/c19-15-11-14(17(20)21)16(12-7-3-1-4-8-12)18(15)13-9-5-2-6-10-13/h1,3-4,7-8,13-14,16H,2,5-6,9-11H2,(H,20,21)/t14-,16+/m1/s1. The lowest BCUT2D eigenvalue weighted by Crippen LogP contribution is -2.40. The fraction of sp³-hybridized carbons (Fsp3) is 0.529. The van der Waals surface area contributed by atoms with Crippen molar-refractivity contribution in [2.24, 2.45) is 5.92 Å². The minimum atomic E-state index is -0.865. The first-order valence-corrected chi connectivity index (χ1v) is 7.77. The Balaban J connectivity index is 1.95. The van der Waals surface area contributed by atoms with Gasteiger partial charge in [0.15, 0.2) is 0 Å². The van der Waals surface area contributed by atoms with E-state index >= 15 is 0 Å². The van der Waals surface area contributed by atoms with E-state index in [1.807, 2.05) is 35.2 Å². The number of hydrogen-bond donors (Lipinski definition) is 1. The van der Waals surface area contributed by atoms with Gasteiger partial charge in [0, 0.05) is 12.5 Å². The maximum atomic E-state index is 12.4. The second-order valence-corrected chi connectivity index (χ2v) is 6.10. The first kappa shape index (κ1) is 14.1. The molecule has 21 heavy (non-hydrogen) atoms. The van der Waals surface area contributed by atoms with Gasteiger partial charge in [-0.25, -0.2) is 0 Å². The largest absolute Gasteiger partial charge is 0.481 e. The fourth-order valence-electron chi connectivity index (χ4n) is 3.81. The van der Waals surface area contributed by atoms with E-state index in [0.717, 1.165) is 31.2 Å². The molecule has 0 radical (unpaired) electrons. The highest BCUT2D eigenvalue weighted by molar-refractivity contribution is 5.87. The third kappa shape index (κ3) is 2.67. The molecule has 1 N–H and O–H groups in total. The van der Waals surface area contributed by atoms with E-state index in [-0.39, 0.29) is 24.4 Å². The van der Waals surface area contributed by atoms with Crippen molar-refractivity contribution >= 4 is 11.9 Å². The van der Waals surface area contributed by atoms with E-state index in [2.05, 4.69) is 0 Å². The summed E-state index contributed by atoms with van der Waals surface area (Å²) in [7, 11) is 0. The van der Waals surface area contributed by atoms with Gasteiger partial charge >= 0.3 is 5.97 Å². The summed E-state index contributed by atoms with van der Waals surface area (Å²) in [6.07, 6.45) is 5.62. The molecule has 2 aliphatic rings. The summed E-state index contributed by atoms with van der Waals surface area (Å²) in [5.74, 6) is -1.49. The lowest BCUT2D eigenvalue weighted by molar-refractivity contribution is -0.142. The zero-order valence-corrected chi connectivity index (χ0v) is 12.1. The van der Waals surface area contributed by atoms with Gasteiger partial charge in [-0.05, 0) is 18.4 Å². The summed E-state index contributed by atoms with van der Waals surface area (Å²) < 4.78 is 0. The number of benzene rings is 1. The Labute approximate surface area is 124 Å². The lowest BCUT2D eigenvalue weighted by Gasteiger charge is -2.36. The van der Waals surface area contributed by atoms with Gasteiger partial charge in [-0.2, -0.15) is 0 Å². The molecule has 3 rings (SSSR count). The lowest BCUT2D eigenvalue weighted by atomic mass is 9.90. The van der Waals surface area contributed by atoms with Crippen LogP contribution in [0.3, 0.4) is 0 Å². The first-order valence-electron chi connectivity index (χ1n) is 7.77. The highest BCUT2D eigenvalue weighted by atomic mass is 16.4. The quantitative estimate of drug-likeness (QED) is 0.929. The summed E-state index contributed by atoms with van der Waals surface area (Å²) in [5, 5.41) is 9.50. The van der Waals surface area contributed by atoms with Gasteiger partial charge in [0.05, 0.1) is 12.0 Å². The molecule has 4 heteroatoms. The van der Waals surface area contributed by atoms with Crippen LogP contribution >= 0.6 is 0 Å². The SMILES string of the molecule is O=C(O)[C@@H]1CC(=O)N(C2CCCCC2)[C@H]1c1ccccc1. The number of nitrogens with zero attached hydrogens (tertiary/aromatic N) is 1. The monoisotopic (exact) mass is 287 g/mol. The zero-order valence-electron chi connectivity index (χ0n) is 12.1. The number of carboxylic acid groups (broad SMARTS) is 1. The van der Waals surface area contributed by atoms with Crippen molar-refractivity contribution in [1.29, 1.82) is 0 Å². The fourth-order valence-corrected chi connectivity index (χ4v) is 3.81. The Bertz CT molecular complexity index is 522. The Morgan fingerprint density at radius 3 is 2.38 bits per heavy atom. The van der Waals surface area contributed by atoms with Crippen LogP contribution in [0.4, 0.5) is 0 Å². The molecule has 1 saturated carbocycles. The van der Waals surface area contributed by atoms with Crippen LogP contribution in [0.2, 0.25) is 0 Å². The average molecular weight is 287 g/mol. The Hall–Kier alpha value is -1.84. The number of hydrogen-bond acceptors (Lipinski definition) is 2. The highest BCUT2D eigenvalue weighted by Gasteiger charge is 2.47. The molecule has 112 valence electrons. The molecule has 1 aliphatic heterocycles. The molecule has 0 bridgehead atoms. The van der Waals surface area contributed by atoms with Crippen molar-refractivity contribution in [2.75, 3.05) is 0 Å². The Morgan fingerprint density at radius 1 is 1.10 bits per heavy atom. The molecule has 1 heterocycles. The van der Waals surface area contributed by atoms with Crippen LogP contribution in [0, 0.1) is 5.92 Å². The minimum Gasteiger partial charge on any atom is -0.481 e. The summed E-state index contributed by atoms with van der Waals surface area (Å²) in [5.41, 5.74) is 0.946. The average Bonchev–Trinajstić information content (AvgIpc) is 2.87. The maximum absolute atomic E-state index is 12.4. The van der Waals surface area contributed by atoms with Crippen molar-refractivity contribution in [3.8, 4) is 0 Å². The summed E-state index contributed by atoms with van der Waals surface area (Å²) in [6, 6.07) is 9.53. The van der Waals surface area contributed by atoms with Crippen molar-refractivity contribution in [3.63, 3.8) is 0 Å². The zero-order chi connectivity index (χ0) is 14.8. The van der Waals surface area contributed by atoms with Gasteiger partial charge in [-0.3, -0.25) is 9.59 Å². The Kier molecular flexibility index (Phi) is 3.95. The predicted octanol–water partition coefficient (Wildman–Crippen LogP) is 2.99. The highest BCUT2D eigenvalue weighted by Crippen LogP contribution is 2.42. The number of carbonyl (C=O) groups is 2. The molecule has 0 aromatic heterocycles. The number of carbonyl (C=O) groups excluding carboxylic acids is 1. The van der Waals surface area contributed by atoms with E-state index in [1.54, 1.807) is 0 Å². The molecule has 1 aromatic carbocycles. The molecule has 1 aliphatic carbocycles. The van der Waals surface area contributed by atoms with Crippen LogP contribution in [0.5, 0.6) is 0 Å². The van der Waals surface area contributed by atoms with Gasteiger partial charge in [0.25, 0.3) is 0 Å². The molecule has 2 atom stereocenters. The molecular weight excluding hydrogens is 266 g/mol. The van der Waals surface area contributed by atoms with E-state index in [1.165, 1.54) is 6.42 Å². The van der Waals surface area contributed by atoms with E-state index in [9.17, 15) is 14.7 Å². The molecule has 0 spiro atoms. The molecule has 1 amide bonds. The van der Waals surface area contributed by atoms with Gasteiger partial charge in [-0.15, -0.1) is 0 Å².